The van der Waals surface area contributed by atoms with Gasteiger partial charge in [-0.25, -0.2) is 0 Å². The number of fused-ring (bicyclic) bond motifs is 3. The Bertz CT molecular complexity index is 1140. The third-order valence-electron chi connectivity index (χ3n) is 5.83. The summed E-state index contributed by atoms with van der Waals surface area (Å²) < 4.78 is 0. The minimum Gasteiger partial charge on any atom is -0.596 e. The molecule has 0 bridgehead atoms. The SMILES string of the molecule is CC(C)=CCCC(C)=CCCC(C)=CCc1cc(O)c2c(c1)-c1cccc(O)c1N[N+]([O-])=C2. The largest absolute Gasteiger partial charge is 0.596 e. The van der Waals surface area contributed by atoms with Gasteiger partial charge in [-0.15, -0.1) is 0 Å². The van der Waals surface area contributed by atoms with Gasteiger partial charge in [0.15, 0.2) is 0 Å². The Morgan fingerprint density at radius 2 is 1.61 bits per heavy atom. The van der Waals surface area contributed by atoms with Crippen LogP contribution in [0.25, 0.3) is 11.1 Å². The second-order valence-corrected chi connectivity index (χ2v) is 9.01. The van der Waals surface area contributed by atoms with E-state index in [2.05, 4.69) is 51.3 Å². The van der Waals surface area contributed by atoms with Gasteiger partial charge in [0, 0.05) is 11.1 Å². The van der Waals surface area contributed by atoms with Crippen LogP contribution in [-0.4, -0.2) is 21.3 Å². The number of benzene rings is 2. The molecule has 0 aliphatic carbocycles. The molecule has 0 saturated heterocycles. The Hall–Kier alpha value is -3.47. The van der Waals surface area contributed by atoms with Gasteiger partial charge in [0.2, 0.25) is 6.21 Å². The smallest absolute Gasteiger partial charge is 0.218 e. The van der Waals surface area contributed by atoms with Crippen LogP contribution in [0, 0.1) is 5.21 Å². The fraction of sp³-hybridized carbons (Fsp3) is 0.321. The Kier molecular flexibility index (Phi) is 7.99. The zero-order valence-corrected chi connectivity index (χ0v) is 20.0. The zero-order valence-electron chi connectivity index (χ0n) is 20.0. The number of hydrogen-bond donors (Lipinski definition) is 3. The highest BCUT2D eigenvalue weighted by Crippen LogP contribution is 2.40. The molecule has 3 rings (SSSR count). The highest BCUT2D eigenvalue weighted by Gasteiger charge is 2.22. The summed E-state index contributed by atoms with van der Waals surface area (Å²) in [5, 5.41) is 33.0. The molecule has 1 aliphatic rings. The van der Waals surface area contributed by atoms with Crippen molar-refractivity contribution < 1.29 is 15.1 Å². The molecule has 1 heterocycles. The molecule has 5 heteroatoms. The second-order valence-electron chi connectivity index (χ2n) is 9.01. The van der Waals surface area contributed by atoms with Gasteiger partial charge < -0.3 is 15.4 Å². The van der Waals surface area contributed by atoms with Crippen LogP contribution in [0.1, 0.15) is 64.5 Å². The number of allylic oxidation sites excluding steroid dienone is 6. The lowest BCUT2D eigenvalue weighted by Crippen LogP contribution is -2.12. The van der Waals surface area contributed by atoms with Gasteiger partial charge in [-0.05, 0) is 83.6 Å². The number of phenolic OH excluding ortho intramolecular Hbond substituents is 2. The van der Waals surface area contributed by atoms with Crippen molar-refractivity contribution in [1.82, 2.24) is 0 Å². The topological polar surface area (TPSA) is 78.6 Å². The lowest BCUT2D eigenvalue weighted by molar-refractivity contribution is -0.416. The zero-order chi connectivity index (χ0) is 24.0. The number of nitrogens with zero attached hydrogens (tertiary/aromatic N) is 1. The number of nitrogens with one attached hydrogen (secondary N) is 1. The van der Waals surface area contributed by atoms with Crippen molar-refractivity contribution >= 4 is 11.9 Å². The van der Waals surface area contributed by atoms with Crippen molar-refractivity contribution in [2.45, 2.75) is 59.8 Å². The molecule has 33 heavy (non-hydrogen) atoms. The summed E-state index contributed by atoms with van der Waals surface area (Å²) in [4.78, 5) is 0.503. The van der Waals surface area contributed by atoms with Gasteiger partial charge in [0.1, 0.15) is 17.2 Å². The van der Waals surface area contributed by atoms with Crippen LogP contribution >= 0.6 is 0 Å². The first-order valence-corrected chi connectivity index (χ1v) is 11.5. The first kappa shape index (κ1) is 24.2. The molecule has 0 radical (unpaired) electrons. The number of para-hydroxylation sites is 1. The molecular formula is C28H34N2O3. The monoisotopic (exact) mass is 446 g/mol. The molecule has 0 aromatic heterocycles. The minimum atomic E-state index is -0.0144. The fourth-order valence-corrected chi connectivity index (χ4v) is 3.95. The van der Waals surface area contributed by atoms with E-state index in [1.165, 1.54) is 29.0 Å². The highest BCUT2D eigenvalue weighted by atomic mass is 16.5. The minimum absolute atomic E-state index is 0.0144. The highest BCUT2D eigenvalue weighted by molar-refractivity contribution is 5.97. The molecular weight excluding hydrogens is 412 g/mol. The van der Waals surface area contributed by atoms with Gasteiger partial charge >= 0.3 is 0 Å². The molecule has 0 atom stereocenters. The third kappa shape index (κ3) is 6.51. The summed E-state index contributed by atoms with van der Waals surface area (Å²) in [6.45, 7) is 8.59. The maximum Gasteiger partial charge on any atom is 0.218 e. The van der Waals surface area contributed by atoms with Crippen molar-refractivity contribution in [2.24, 2.45) is 0 Å². The second kappa shape index (κ2) is 10.9. The Balaban J connectivity index is 1.73. The van der Waals surface area contributed by atoms with Crippen LogP contribution in [0.4, 0.5) is 5.69 Å². The van der Waals surface area contributed by atoms with E-state index in [4.69, 9.17) is 0 Å². The Labute approximate surface area is 196 Å². The standard InChI is InChI=1S/C28H34N2O3/c1-19(2)8-5-9-20(3)10-6-11-21(4)14-15-22-16-24-23-12-7-13-26(31)28(23)29-30(33)18-25(24)27(32)17-22/h7-8,10,12-14,16-18,29,31-32H,5-6,9,11,15H2,1-4H3. The summed E-state index contributed by atoms with van der Waals surface area (Å²) in [6.07, 6.45) is 13.0. The lowest BCUT2D eigenvalue weighted by Gasteiger charge is -2.11. The average molecular weight is 447 g/mol. The van der Waals surface area contributed by atoms with Gasteiger partial charge in [0.05, 0.1) is 5.56 Å². The molecule has 0 unspecified atom stereocenters. The van der Waals surface area contributed by atoms with E-state index in [9.17, 15) is 15.4 Å². The fourth-order valence-electron chi connectivity index (χ4n) is 3.95. The summed E-state index contributed by atoms with van der Waals surface area (Å²) in [5.74, 6) is 0.0294. The van der Waals surface area contributed by atoms with Crippen molar-refractivity contribution in [3.63, 3.8) is 0 Å². The van der Waals surface area contributed by atoms with Crippen LogP contribution < -0.4 is 5.43 Å². The van der Waals surface area contributed by atoms with Crippen molar-refractivity contribution in [3.05, 3.63) is 81.6 Å². The summed E-state index contributed by atoms with van der Waals surface area (Å²) >= 11 is 0. The Morgan fingerprint density at radius 1 is 0.909 bits per heavy atom. The number of phenols is 2. The number of hydrogen-bond acceptors (Lipinski definition) is 4. The maximum absolute atomic E-state index is 12.2. The lowest BCUT2D eigenvalue weighted by atomic mass is 9.94. The van der Waals surface area contributed by atoms with Gasteiger partial charge in [-0.1, -0.05) is 51.9 Å². The van der Waals surface area contributed by atoms with Crippen LogP contribution in [0.3, 0.4) is 0 Å². The summed E-state index contributed by atoms with van der Waals surface area (Å²) in [6, 6.07) is 8.75. The van der Waals surface area contributed by atoms with Crippen LogP contribution in [-0.2, 0) is 6.42 Å². The van der Waals surface area contributed by atoms with Crippen molar-refractivity contribution in [3.8, 4) is 22.6 Å². The molecule has 0 saturated carbocycles. The first-order valence-electron chi connectivity index (χ1n) is 11.5. The predicted octanol–water partition coefficient (Wildman–Crippen LogP) is 7.00. The molecule has 174 valence electrons. The molecule has 2 aromatic carbocycles. The normalized spacial score (nSPS) is 13.4. The van der Waals surface area contributed by atoms with Gasteiger partial charge in [-0.2, -0.15) is 5.43 Å². The quantitative estimate of drug-likeness (QED) is 0.177. The van der Waals surface area contributed by atoms with Crippen molar-refractivity contribution in [2.75, 3.05) is 5.43 Å². The number of anilines is 1. The number of aromatic hydroxyl groups is 2. The predicted molar refractivity (Wildman–Crippen MR) is 137 cm³/mol. The van der Waals surface area contributed by atoms with E-state index in [-0.39, 0.29) is 11.5 Å². The maximum atomic E-state index is 12.2. The van der Waals surface area contributed by atoms with Crippen LogP contribution in [0.2, 0.25) is 0 Å². The van der Waals surface area contributed by atoms with Gasteiger partial charge in [-0.3, -0.25) is 0 Å². The Morgan fingerprint density at radius 3 is 2.33 bits per heavy atom. The number of rotatable bonds is 8. The van der Waals surface area contributed by atoms with E-state index < -0.39 is 0 Å². The van der Waals surface area contributed by atoms with E-state index in [0.29, 0.717) is 33.6 Å². The van der Waals surface area contributed by atoms with E-state index in [0.717, 1.165) is 31.2 Å². The summed E-state index contributed by atoms with van der Waals surface area (Å²) in [7, 11) is 0. The molecule has 0 fully saturated rings. The van der Waals surface area contributed by atoms with E-state index in [1.807, 2.05) is 12.1 Å². The molecule has 0 amide bonds. The molecule has 3 N–H and O–H groups in total. The molecule has 1 aliphatic heterocycles. The average Bonchev–Trinajstić information content (AvgIpc) is 2.89. The number of hydrazone groups is 1. The van der Waals surface area contributed by atoms with Crippen LogP contribution in [0.5, 0.6) is 11.5 Å². The molecule has 5 nitrogen and oxygen atoms in total. The van der Waals surface area contributed by atoms with Crippen molar-refractivity contribution in [1.29, 1.82) is 0 Å². The van der Waals surface area contributed by atoms with E-state index >= 15 is 0 Å². The third-order valence-corrected chi connectivity index (χ3v) is 5.83. The first-order chi connectivity index (χ1) is 15.7. The van der Waals surface area contributed by atoms with Crippen LogP contribution in [0.15, 0.2) is 65.3 Å². The number of hydrazine groups is 1. The molecule has 0 spiro atoms. The molecule has 2 aromatic rings. The summed E-state index contributed by atoms with van der Waals surface area (Å²) in [5.41, 5.74) is 9.81. The van der Waals surface area contributed by atoms with E-state index in [1.54, 1.807) is 12.1 Å². The van der Waals surface area contributed by atoms with Gasteiger partial charge in [0.25, 0.3) is 0 Å².